The average molecular weight is 154 g/mol. The number of ketones is 1. The van der Waals surface area contributed by atoms with Crippen molar-refractivity contribution in [3.8, 4) is 0 Å². The molecular weight excluding hydrogens is 140 g/mol. The van der Waals surface area contributed by atoms with E-state index in [1.54, 1.807) is 19.3 Å². The van der Waals surface area contributed by atoms with Gasteiger partial charge in [-0.2, -0.15) is 0 Å². The van der Waals surface area contributed by atoms with Crippen LogP contribution in [0.25, 0.3) is 0 Å². The highest BCUT2D eigenvalue weighted by Crippen LogP contribution is 1.90. The molecule has 2 nitrogen and oxygen atoms in total. The van der Waals surface area contributed by atoms with Gasteiger partial charge in [0.25, 0.3) is 0 Å². The predicted molar refractivity (Wildman–Crippen MR) is 45.4 cm³/mol. The second-order valence-corrected chi connectivity index (χ2v) is 2.20. The number of methoxy groups -OCH3 is 1. The third-order valence-electron chi connectivity index (χ3n) is 1.23. The zero-order valence-corrected chi connectivity index (χ0v) is 7.20. The lowest BCUT2D eigenvalue weighted by molar-refractivity contribution is -0.110. The Bertz CT molecular complexity index is 168. The van der Waals surface area contributed by atoms with Crippen molar-refractivity contribution >= 4 is 5.78 Å². The zero-order chi connectivity index (χ0) is 8.69. The number of allylic oxidation sites excluding steroid dienone is 3. The molecule has 0 amide bonds. The van der Waals surface area contributed by atoms with E-state index in [9.17, 15) is 4.79 Å². The van der Waals surface area contributed by atoms with Gasteiger partial charge >= 0.3 is 0 Å². The molecular formula is C9H14O2. The third kappa shape index (κ3) is 5.55. The summed E-state index contributed by atoms with van der Waals surface area (Å²) in [4.78, 5) is 10.8. The highest BCUT2D eigenvalue weighted by molar-refractivity contribution is 5.99. The molecule has 0 aromatic carbocycles. The predicted octanol–water partition coefficient (Wildman–Crippen LogP) is 1.72. The smallest absolute Gasteiger partial charge is 0.178 e. The maximum Gasteiger partial charge on any atom is 0.178 e. The van der Waals surface area contributed by atoms with Gasteiger partial charge in [0.15, 0.2) is 5.78 Å². The lowest BCUT2D eigenvalue weighted by Crippen LogP contribution is -2.00. The molecule has 1 atom stereocenters. The van der Waals surface area contributed by atoms with E-state index in [-0.39, 0.29) is 11.9 Å². The normalized spacial score (nSPS) is 14.5. The van der Waals surface area contributed by atoms with Gasteiger partial charge in [0.2, 0.25) is 0 Å². The van der Waals surface area contributed by atoms with E-state index in [1.165, 1.54) is 12.2 Å². The van der Waals surface area contributed by atoms with Crippen LogP contribution in [0.15, 0.2) is 24.3 Å². The first-order chi connectivity index (χ1) is 5.20. The van der Waals surface area contributed by atoms with Gasteiger partial charge in [-0.3, -0.25) is 4.79 Å². The second kappa shape index (κ2) is 5.86. The molecule has 0 aliphatic carbocycles. The topological polar surface area (TPSA) is 26.3 Å². The first-order valence-electron chi connectivity index (χ1n) is 3.58. The first kappa shape index (κ1) is 10.1. The average Bonchev–Trinajstić information content (AvgIpc) is 2.01. The number of hydrogen-bond acceptors (Lipinski definition) is 2. The SMILES string of the molecule is C/C=C/C(=O)/C=C/C(C)OC. The Balaban J connectivity index is 3.82. The maximum absolute atomic E-state index is 10.8. The van der Waals surface area contributed by atoms with E-state index < -0.39 is 0 Å². The van der Waals surface area contributed by atoms with Crippen LogP contribution < -0.4 is 0 Å². The minimum atomic E-state index is -0.00333. The molecule has 11 heavy (non-hydrogen) atoms. The molecule has 0 heterocycles. The van der Waals surface area contributed by atoms with Gasteiger partial charge in [-0.05, 0) is 26.0 Å². The van der Waals surface area contributed by atoms with Crippen molar-refractivity contribution in [1.29, 1.82) is 0 Å². The molecule has 0 N–H and O–H groups in total. The van der Waals surface area contributed by atoms with E-state index in [2.05, 4.69) is 0 Å². The fourth-order valence-electron chi connectivity index (χ4n) is 0.529. The number of carbonyl (C=O) groups excluding carboxylic acids is 1. The molecule has 1 unspecified atom stereocenters. The Morgan fingerprint density at radius 1 is 1.45 bits per heavy atom. The van der Waals surface area contributed by atoms with Crippen LogP contribution in [0.3, 0.4) is 0 Å². The van der Waals surface area contributed by atoms with E-state index in [0.717, 1.165) is 0 Å². The molecule has 0 radical (unpaired) electrons. The molecule has 0 fully saturated rings. The zero-order valence-electron chi connectivity index (χ0n) is 7.20. The Kier molecular flexibility index (Phi) is 5.39. The van der Waals surface area contributed by atoms with E-state index in [4.69, 9.17) is 4.74 Å². The highest BCUT2D eigenvalue weighted by atomic mass is 16.5. The molecule has 62 valence electrons. The van der Waals surface area contributed by atoms with E-state index in [1.807, 2.05) is 13.8 Å². The Hall–Kier alpha value is -0.890. The van der Waals surface area contributed by atoms with Crippen LogP contribution in [0.4, 0.5) is 0 Å². The molecule has 0 aromatic heterocycles. The lowest BCUT2D eigenvalue weighted by atomic mass is 10.3. The highest BCUT2D eigenvalue weighted by Gasteiger charge is 1.92. The van der Waals surface area contributed by atoms with Gasteiger partial charge < -0.3 is 4.74 Å². The summed E-state index contributed by atoms with van der Waals surface area (Å²) >= 11 is 0. The summed E-state index contributed by atoms with van der Waals surface area (Å²) in [6.07, 6.45) is 6.46. The van der Waals surface area contributed by atoms with Crippen molar-refractivity contribution in [2.45, 2.75) is 20.0 Å². The van der Waals surface area contributed by atoms with Crippen LogP contribution >= 0.6 is 0 Å². The van der Waals surface area contributed by atoms with E-state index >= 15 is 0 Å². The number of hydrogen-bond donors (Lipinski definition) is 0. The van der Waals surface area contributed by atoms with Crippen LogP contribution in [0, 0.1) is 0 Å². The van der Waals surface area contributed by atoms with Crippen molar-refractivity contribution in [3.63, 3.8) is 0 Å². The van der Waals surface area contributed by atoms with Crippen molar-refractivity contribution in [1.82, 2.24) is 0 Å². The summed E-state index contributed by atoms with van der Waals surface area (Å²) in [6.45, 7) is 3.69. The van der Waals surface area contributed by atoms with Crippen molar-refractivity contribution < 1.29 is 9.53 Å². The molecule has 0 bridgehead atoms. The van der Waals surface area contributed by atoms with Crippen LogP contribution in [0.1, 0.15) is 13.8 Å². The van der Waals surface area contributed by atoms with Crippen molar-refractivity contribution in [2.75, 3.05) is 7.11 Å². The summed E-state index contributed by atoms with van der Waals surface area (Å²) < 4.78 is 4.92. The molecule has 0 aliphatic rings. The maximum atomic E-state index is 10.8. The largest absolute Gasteiger partial charge is 0.378 e. The number of ether oxygens (including phenoxy) is 1. The monoisotopic (exact) mass is 154 g/mol. The summed E-state index contributed by atoms with van der Waals surface area (Å²) in [5, 5.41) is 0. The van der Waals surface area contributed by atoms with Crippen molar-refractivity contribution in [2.24, 2.45) is 0 Å². The molecule has 0 aliphatic heterocycles. The Labute approximate surface area is 67.6 Å². The van der Waals surface area contributed by atoms with Gasteiger partial charge in [-0.25, -0.2) is 0 Å². The van der Waals surface area contributed by atoms with Gasteiger partial charge in [0, 0.05) is 7.11 Å². The summed E-state index contributed by atoms with van der Waals surface area (Å²) in [5.41, 5.74) is 0. The summed E-state index contributed by atoms with van der Waals surface area (Å²) in [5.74, 6) is -0.00333. The van der Waals surface area contributed by atoms with Crippen LogP contribution in [-0.2, 0) is 9.53 Å². The third-order valence-corrected chi connectivity index (χ3v) is 1.23. The number of rotatable bonds is 4. The van der Waals surface area contributed by atoms with Crippen LogP contribution in [-0.4, -0.2) is 19.0 Å². The van der Waals surface area contributed by atoms with Gasteiger partial charge in [-0.1, -0.05) is 12.2 Å². The second-order valence-electron chi connectivity index (χ2n) is 2.20. The van der Waals surface area contributed by atoms with Crippen LogP contribution in [0.5, 0.6) is 0 Å². The van der Waals surface area contributed by atoms with Crippen molar-refractivity contribution in [3.05, 3.63) is 24.3 Å². The quantitative estimate of drug-likeness (QED) is 0.576. The molecule has 0 saturated carbocycles. The Morgan fingerprint density at radius 3 is 2.55 bits per heavy atom. The van der Waals surface area contributed by atoms with Crippen LogP contribution in [0.2, 0.25) is 0 Å². The summed E-state index contributed by atoms with van der Waals surface area (Å²) in [7, 11) is 1.61. The Morgan fingerprint density at radius 2 is 2.09 bits per heavy atom. The van der Waals surface area contributed by atoms with Gasteiger partial charge in [-0.15, -0.1) is 0 Å². The summed E-state index contributed by atoms with van der Waals surface area (Å²) in [6, 6.07) is 0. The molecule has 2 heteroatoms. The molecule has 0 spiro atoms. The first-order valence-corrected chi connectivity index (χ1v) is 3.58. The minimum absolute atomic E-state index is 0.00333. The molecule has 0 saturated heterocycles. The fourth-order valence-corrected chi connectivity index (χ4v) is 0.529. The van der Waals surface area contributed by atoms with Gasteiger partial charge in [0.1, 0.15) is 0 Å². The minimum Gasteiger partial charge on any atom is -0.378 e. The molecule has 0 rings (SSSR count). The van der Waals surface area contributed by atoms with Gasteiger partial charge in [0.05, 0.1) is 6.10 Å². The standard InChI is InChI=1S/C9H14O2/c1-4-5-9(10)7-6-8(2)11-3/h4-8H,1-3H3/b5-4+,7-6+. The molecule has 0 aromatic rings. The lowest BCUT2D eigenvalue weighted by Gasteiger charge is -1.99. The van der Waals surface area contributed by atoms with E-state index in [0.29, 0.717) is 0 Å². The number of carbonyl (C=O) groups is 1. The fraction of sp³-hybridized carbons (Fsp3) is 0.444.